The first kappa shape index (κ1) is 12.1. The summed E-state index contributed by atoms with van der Waals surface area (Å²) in [5, 5.41) is 0.627. The van der Waals surface area contributed by atoms with Gasteiger partial charge in [0.2, 0.25) is 0 Å². The highest BCUT2D eigenvalue weighted by Crippen LogP contribution is 2.31. The van der Waals surface area contributed by atoms with Crippen molar-refractivity contribution >= 4 is 28.9 Å². The molecule has 96 valence electrons. The Hall–Kier alpha value is -2.00. The Balaban J connectivity index is 1.95. The minimum Gasteiger partial charge on any atom is -0.399 e. The number of nitrogens with zero attached hydrogens (tertiary/aromatic N) is 1. The molecule has 1 amide bonds. The molecule has 2 aromatic rings. The maximum absolute atomic E-state index is 12.5. The van der Waals surface area contributed by atoms with E-state index >= 15 is 0 Å². The van der Waals surface area contributed by atoms with Gasteiger partial charge in [-0.05, 0) is 48.4 Å². The van der Waals surface area contributed by atoms with Crippen LogP contribution in [-0.4, -0.2) is 12.5 Å². The number of amides is 1. The standard InChI is InChI=1S/C15H13ClN2O/c16-12-4-1-11(2-5-12)15(19)18-8-7-10-3-6-13(17)9-14(10)18/h1-6,9H,7-8,17H2. The molecule has 0 spiro atoms. The lowest BCUT2D eigenvalue weighted by Crippen LogP contribution is -2.28. The molecular weight excluding hydrogens is 260 g/mol. The molecule has 0 bridgehead atoms. The van der Waals surface area contributed by atoms with Gasteiger partial charge in [-0.3, -0.25) is 4.79 Å². The average molecular weight is 273 g/mol. The van der Waals surface area contributed by atoms with E-state index in [0.717, 1.165) is 17.7 Å². The number of hydrogen-bond donors (Lipinski definition) is 1. The normalized spacial score (nSPS) is 13.4. The Morgan fingerprint density at radius 2 is 1.89 bits per heavy atom. The van der Waals surface area contributed by atoms with E-state index in [-0.39, 0.29) is 5.91 Å². The largest absolute Gasteiger partial charge is 0.399 e. The zero-order valence-electron chi connectivity index (χ0n) is 10.3. The Kier molecular flexibility index (Phi) is 2.91. The van der Waals surface area contributed by atoms with Crippen molar-refractivity contribution in [3.63, 3.8) is 0 Å². The van der Waals surface area contributed by atoms with Crippen molar-refractivity contribution < 1.29 is 4.79 Å². The van der Waals surface area contributed by atoms with Crippen LogP contribution in [0.4, 0.5) is 11.4 Å². The summed E-state index contributed by atoms with van der Waals surface area (Å²) >= 11 is 5.84. The second kappa shape index (κ2) is 4.59. The lowest BCUT2D eigenvalue weighted by molar-refractivity contribution is 0.0989. The van der Waals surface area contributed by atoms with Crippen LogP contribution in [0.1, 0.15) is 15.9 Å². The summed E-state index contributed by atoms with van der Waals surface area (Å²) in [5.41, 5.74) is 9.19. The highest BCUT2D eigenvalue weighted by Gasteiger charge is 2.25. The molecule has 4 heteroatoms. The van der Waals surface area contributed by atoms with E-state index in [1.54, 1.807) is 29.2 Å². The van der Waals surface area contributed by atoms with Crippen molar-refractivity contribution in [2.24, 2.45) is 0 Å². The molecule has 2 N–H and O–H groups in total. The maximum atomic E-state index is 12.5. The Labute approximate surface area is 116 Å². The molecule has 3 rings (SSSR count). The highest BCUT2D eigenvalue weighted by molar-refractivity contribution is 6.30. The van der Waals surface area contributed by atoms with Crippen LogP contribution >= 0.6 is 11.6 Å². The number of nitrogen functional groups attached to an aromatic ring is 1. The second-order valence-corrected chi connectivity index (χ2v) is 5.04. The first-order chi connectivity index (χ1) is 9.15. The summed E-state index contributed by atoms with van der Waals surface area (Å²) in [6, 6.07) is 12.7. The van der Waals surface area contributed by atoms with Gasteiger partial charge < -0.3 is 10.6 Å². The molecule has 1 aliphatic rings. The van der Waals surface area contributed by atoms with Crippen LogP contribution in [0.5, 0.6) is 0 Å². The van der Waals surface area contributed by atoms with Crippen molar-refractivity contribution in [1.29, 1.82) is 0 Å². The van der Waals surface area contributed by atoms with Crippen LogP contribution < -0.4 is 10.6 Å². The molecule has 0 aromatic heterocycles. The molecule has 0 aliphatic carbocycles. The Morgan fingerprint density at radius 3 is 2.63 bits per heavy atom. The number of fused-ring (bicyclic) bond motifs is 1. The van der Waals surface area contributed by atoms with Crippen molar-refractivity contribution in [2.45, 2.75) is 6.42 Å². The van der Waals surface area contributed by atoms with Gasteiger partial charge in [-0.15, -0.1) is 0 Å². The third kappa shape index (κ3) is 2.17. The summed E-state index contributed by atoms with van der Waals surface area (Å²) in [7, 11) is 0. The average Bonchev–Trinajstić information content (AvgIpc) is 2.81. The van der Waals surface area contributed by atoms with E-state index < -0.39 is 0 Å². The molecule has 1 aliphatic heterocycles. The van der Waals surface area contributed by atoms with E-state index in [4.69, 9.17) is 17.3 Å². The summed E-state index contributed by atoms with van der Waals surface area (Å²) in [6.45, 7) is 0.695. The van der Waals surface area contributed by atoms with Crippen LogP contribution in [0.3, 0.4) is 0 Å². The first-order valence-electron chi connectivity index (χ1n) is 6.11. The van der Waals surface area contributed by atoms with Crippen LogP contribution in [0.25, 0.3) is 0 Å². The molecule has 0 unspecified atom stereocenters. The quantitative estimate of drug-likeness (QED) is 0.811. The van der Waals surface area contributed by atoms with Crippen LogP contribution in [0.15, 0.2) is 42.5 Å². The highest BCUT2D eigenvalue weighted by atomic mass is 35.5. The number of benzene rings is 2. The number of carbonyl (C=O) groups excluding carboxylic acids is 1. The van der Waals surface area contributed by atoms with Crippen molar-refractivity contribution in [3.05, 3.63) is 58.6 Å². The minimum atomic E-state index is -0.0129. The molecule has 0 saturated heterocycles. The smallest absolute Gasteiger partial charge is 0.258 e. The third-order valence-electron chi connectivity index (χ3n) is 3.34. The fourth-order valence-electron chi connectivity index (χ4n) is 2.36. The predicted molar refractivity (Wildman–Crippen MR) is 77.7 cm³/mol. The SMILES string of the molecule is Nc1ccc2c(c1)N(C(=O)c1ccc(Cl)cc1)CC2. The Bertz CT molecular complexity index is 637. The number of nitrogens with two attached hydrogens (primary N) is 1. The third-order valence-corrected chi connectivity index (χ3v) is 3.59. The fraction of sp³-hybridized carbons (Fsp3) is 0.133. The van der Waals surface area contributed by atoms with Gasteiger partial charge in [0.1, 0.15) is 0 Å². The van der Waals surface area contributed by atoms with Gasteiger partial charge in [0.05, 0.1) is 0 Å². The van der Waals surface area contributed by atoms with Gasteiger partial charge in [0.15, 0.2) is 0 Å². The first-order valence-corrected chi connectivity index (χ1v) is 6.49. The van der Waals surface area contributed by atoms with Crippen molar-refractivity contribution in [1.82, 2.24) is 0 Å². The summed E-state index contributed by atoms with van der Waals surface area (Å²) < 4.78 is 0. The maximum Gasteiger partial charge on any atom is 0.258 e. The second-order valence-electron chi connectivity index (χ2n) is 4.60. The molecule has 0 fully saturated rings. The lowest BCUT2D eigenvalue weighted by atomic mass is 10.1. The van der Waals surface area contributed by atoms with Gasteiger partial charge in [0, 0.05) is 28.5 Å². The van der Waals surface area contributed by atoms with Crippen LogP contribution in [0.2, 0.25) is 5.02 Å². The Morgan fingerprint density at radius 1 is 1.16 bits per heavy atom. The van der Waals surface area contributed by atoms with Crippen LogP contribution in [0, 0.1) is 0 Å². The molecule has 0 saturated carbocycles. The summed E-state index contributed by atoms with van der Waals surface area (Å²) in [6.07, 6.45) is 0.870. The minimum absolute atomic E-state index is 0.0129. The van der Waals surface area contributed by atoms with Crippen molar-refractivity contribution in [3.8, 4) is 0 Å². The fourth-order valence-corrected chi connectivity index (χ4v) is 2.48. The number of carbonyl (C=O) groups is 1. The van der Waals surface area contributed by atoms with E-state index in [0.29, 0.717) is 22.8 Å². The number of hydrogen-bond acceptors (Lipinski definition) is 2. The van der Waals surface area contributed by atoms with Gasteiger partial charge >= 0.3 is 0 Å². The van der Waals surface area contributed by atoms with E-state index in [9.17, 15) is 4.79 Å². The van der Waals surface area contributed by atoms with Gasteiger partial charge in [-0.1, -0.05) is 17.7 Å². The molecule has 3 nitrogen and oxygen atoms in total. The molecule has 19 heavy (non-hydrogen) atoms. The van der Waals surface area contributed by atoms with Crippen molar-refractivity contribution in [2.75, 3.05) is 17.2 Å². The van der Waals surface area contributed by atoms with Gasteiger partial charge in [-0.2, -0.15) is 0 Å². The zero-order chi connectivity index (χ0) is 13.4. The van der Waals surface area contributed by atoms with Gasteiger partial charge in [-0.25, -0.2) is 0 Å². The summed E-state index contributed by atoms with van der Waals surface area (Å²) in [4.78, 5) is 14.2. The number of halogens is 1. The van der Waals surface area contributed by atoms with E-state index in [1.807, 2.05) is 18.2 Å². The topological polar surface area (TPSA) is 46.3 Å². The zero-order valence-corrected chi connectivity index (χ0v) is 11.0. The monoisotopic (exact) mass is 272 g/mol. The van der Waals surface area contributed by atoms with Gasteiger partial charge in [0.25, 0.3) is 5.91 Å². The molecule has 0 radical (unpaired) electrons. The molecular formula is C15H13ClN2O. The van der Waals surface area contributed by atoms with E-state index in [2.05, 4.69) is 0 Å². The number of anilines is 2. The summed E-state index contributed by atoms with van der Waals surface area (Å²) in [5.74, 6) is -0.0129. The predicted octanol–water partition coefficient (Wildman–Crippen LogP) is 3.13. The molecule has 0 atom stereocenters. The number of rotatable bonds is 1. The van der Waals surface area contributed by atoms with Crippen LogP contribution in [-0.2, 0) is 6.42 Å². The molecule has 2 aromatic carbocycles. The lowest BCUT2D eigenvalue weighted by Gasteiger charge is -2.17. The molecule has 1 heterocycles. The van der Waals surface area contributed by atoms with E-state index in [1.165, 1.54) is 0 Å².